The number of carboxylic acid groups (broad SMARTS) is 1. The summed E-state index contributed by atoms with van der Waals surface area (Å²) in [5, 5.41) is 21.3. The normalized spacial score (nSPS) is 12.0. The van der Waals surface area contributed by atoms with Crippen molar-refractivity contribution in [3.05, 3.63) is 112 Å². The van der Waals surface area contributed by atoms with Crippen LogP contribution in [0.2, 0.25) is 0 Å². The maximum Gasteiger partial charge on any atom is 0.349 e. The van der Waals surface area contributed by atoms with Crippen molar-refractivity contribution in [2.75, 3.05) is 6.54 Å². The number of carbonyl (C=O) groups is 2. The molecule has 0 saturated carbocycles. The lowest BCUT2D eigenvalue weighted by Crippen LogP contribution is -2.48. The molecule has 0 bridgehead atoms. The van der Waals surface area contributed by atoms with E-state index in [2.05, 4.69) is 4.98 Å². The lowest BCUT2D eigenvalue weighted by molar-refractivity contribution is -0.142. The number of fused-ring (bicyclic) bond motifs is 2. The number of nitrogens with zero attached hydrogens (tertiary/aromatic N) is 1. The van der Waals surface area contributed by atoms with E-state index < -0.39 is 23.5 Å². The molecule has 8 nitrogen and oxygen atoms in total. The van der Waals surface area contributed by atoms with Gasteiger partial charge in [-0.2, -0.15) is 0 Å². The zero-order valence-electron chi connectivity index (χ0n) is 19.8. The van der Waals surface area contributed by atoms with Gasteiger partial charge < -0.3 is 24.5 Å². The summed E-state index contributed by atoms with van der Waals surface area (Å²) in [6, 6.07) is 20.9. The predicted octanol–water partition coefficient (Wildman–Crippen LogP) is 4.36. The number of nitrogens with one attached hydrogen (secondary N) is 1. The molecule has 3 N–H and O–H groups in total. The van der Waals surface area contributed by atoms with Crippen LogP contribution in [0.5, 0.6) is 5.75 Å². The second-order valence-corrected chi connectivity index (χ2v) is 8.82. The molecule has 0 aliphatic rings. The highest BCUT2D eigenvalue weighted by Gasteiger charge is 2.32. The number of aromatic nitrogens is 1. The van der Waals surface area contributed by atoms with Crippen LogP contribution in [-0.4, -0.2) is 44.6 Å². The molecule has 3 aromatic carbocycles. The third-order valence-corrected chi connectivity index (χ3v) is 6.46. The van der Waals surface area contributed by atoms with Crippen LogP contribution in [0.3, 0.4) is 0 Å². The molecule has 0 saturated heterocycles. The van der Waals surface area contributed by atoms with Crippen LogP contribution in [0, 0.1) is 0 Å². The van der Waals surface area contributed by atoms with Crippen molar-refractivity contribution in [3.8, 4) is 5.75 Å². The minimum absolute atomic E-state index is 0.00580. The zero-order chi connectivity index (χ0) is 25.9. The second kappa shape index (κ2) is 10.0. The van der Waals surface area contributed by atoms with Crippen LogP contribution in [0.1, 0.15) is 21.5 Å². The molecule has 0 fully saturated rings. The van der Waals surface area contributed by atoms with Crippen molar-refractivity contribution >= 4 is 33.7 Å². The minimum atomic E-state index is -1.26. The Balaban J connectivity index is 1.53. The molecule has 2 heterocycles. The number of aromatic hydroxyl groups is 1. The Kier molecular flexibility index (Phi) is 6.47. The average molecular weight is 497 g/mol. The highest BCUT2D eigenvalue weighted by atomic mass is 16.4. The second-order valence-electron chi connectivity index (χ2n) is 8.82. The van der Waals surface area contributed by atoms with Crippen LogP contribution >= 0.6 is 0 Å². The number of aliphatic carboxylic acids is 1. The van der Waals surface area contributed by atoms with Crippen molar-refractivity contribution in [2.24, 2.45) is 0 Å². The molecule has 0 radical (unpaired) electrons. The highest BCUT2D eigenvalue weighted by Crippen LogP contribution is 2.22. The zero-order valence-corrected chi connectivity index (χ0v) is 19.8. The van der Waals surface area contributed by atoms with Crippen molar-refractivity contribution in [3.63, 3.8) is 0 Å². The average Bonchev–Trinajstić information content (AvgIpc) is 3.31. The van der Waals surface area contributed by atoms with Crippen molar-refractivity contribution < 1.29 is 24.2 Å². The number of rotatable bonds is 8. The topological polar surface area (TPSA) is 124 Å². The SMILES string of the molecule is O=C(O)[C@H](Cc1ccc(O)cc1)N(CCc1c[nH]c2ccccc12)C(=O)c1cc2ccccc2oc1=O. The Morgan fingerprint density at radius 3 is 2.49 bits per heavy atom. The summed E-state index contributed by atoms with van der Waals surface area (Å²) in [5.74, 6) is -1.87. The molecule has 1 amide bonds. The van der Waals surface area contributed by atoms with Crippen molar-refractivity contribution in [1.29, 1.82) is 0 Å². The molecule has 0 aliphatic carbocycles. The lowest BCUT2D eigenvalue weighted by Gasteiger charge is -2.29. The number of hydrogen-bond donors (Lipinski definition) is 3. The summed E-state index contributed by atoms with van der Waals surface area (Å²) < 4.78 is 5.36. The highest BCUT2D eigenvalue weighted by molar-refractivity contribution is 5.98. The number of carbonyl (C=O) groups excluding carboxylic acids is 1. The molecule has 37 heavy (non-hydrogen) atoms. The molecule has 0 unspecified atom stereocenters. The van der Waals surface area contributed by atoms with E-state index in [0.29, 0.717) is 23.0 Å². The number of carboxylic acids is 1. The fraction of sp³-hybridized carbons (Fsp3) is 0.138. The number of benzene rings is 3. The lowest BCUT2D eigenvalue weighted by atomic mass is 10.0. The fourth-order valence-electron chi connectivity index (χ4n) is 4.53. The van der Waals surface area contributed by atoms with Gasteiger partial charge in [-0.3, -0.25) is 4.79 Å². The Morgan fingerprint density at radius 1 is 0.973 bits per heavy atom. The predicted molar refractivity (Wildman–Crippen MR) is 139 cm³/mol. The van der Waals surface area contributed by atoms with Gasteiger partial charge in [-0.1, -0.05) is 48.5 Å². The van der Waals surface area contributed by atoms with E-state index in [1.54, 1.807) is 36.4 Å². The maximum atomic E-state index is 13.8. The van der Waals surface area contributed by atoms with E-state index >= 15 is 0 Å². The Morgan fingerprint density at radius 2 is 1.70 bits per heavy atom. The number of H-pyrrole nitrogens is 1. The number of phenolic OH excluding ortho intramolecular Hbond substituents is 1. The van der Waals surface area contributed by atoms with Gasteiger partial charge in [-0.25, -0.2) is 9.59 Å². The summed E-state index contributed by atoms with van der Waals surface area (Å²) in [5.41, 5.74) is 1.77. The summed E-state index contributed by atoms with van der Waals surface area (Å²) >= 11 is 0. The largest absolute Gasteiger partial charge is 0.508 e. The molecular weight excluding hydrogens is 472 g/mol. The first kappa shape index (κ1) is 23.9. The third kappa shape index (κ3) is 4.95. The summed E-state index contributed by atoms with van der Waals surface area (Å²) in [6.45, 7) is 0.0575. The van der Waals surface area contributed by atoms with Gasteiger partial charge in [0, 0.05) is 35.5 Å². The first-order valence-corrected chi connectivity index (χ1v) is 11.8. The van der Waals surface area contributed by atoms with Gasteiger partial charge in [0.25, 0.3) is 5.91 Å². The maximum absolute atomic E-state index is 13.8. The van der Waals surface area contributed by atoms with Gasteiger partial charge in [0.2, 0.25) is 0 Å². The molecule has 8 heteroatoms. The summed E-state index contributed by atoms with van der Waals surface area (Å²) in [7, 11) is 0. The minimum Gasteiger partial charge on any atom is -0.508 e. The van der Waals surface area contributed by atoms with Crippen LogP contribution < -0.4 is 5.63 Å². The van der Waals surface area contributed by atoms with E-state index in [-0.39, 0.29) is 24.3 Å². The number of amides is 1. The molecule has 186 valence electrons. The van der Waals surface area contributed by atoms with Gasteiger partial charge in [-0.05, 0) is 47.9 Å². The smallest absolute Gasteiger partial charge is 0.349 e. The number of para-hydroxylation sites is 2. The molecular formula is C29H24N2O6. The van der Waals surface area contributed by atoms with Gasteiger partial charge >= 0.3 is 11.6 Å². The monoisotopic (exact) mass is 496 g/mol. The number of aromatic amines is 1. The van der Waals surface area contributed by atoms with Gasteiger partial charge in [0.15, 0.2) is 0 Å². The Hall–Kier alpha value is -4.85. The summed E-state index contributed by atoms with van der Waals surface area (Å²) in [6.07, 6.45) is 2.20. The van der Waals surface area contributed by atoms with Gasteiger partial charge in [0.1, 0.15) is 22.9 Å². The van der Waals surface area contributed by atoms with Crippen LogP contribution in [0.4, 0.5) is 0 Å². The van der Waals surface area contributed by atoms with Gasteiger partial charge in [-0.15, -0.1) is 0 Å². The molecule has 0 spiro atoms. The Labute approximate surface area is 211 Å². The third-order valence-electron chi connectivity index (χ3n) is 6.46. The first-order chi connectivity index (χ1) is 17.9. The van der Waals surface area contributed by atoms with E-state index in [9.17, 15) is 24.6 Å². The Bertz CT molecular complexity index is 1650. The molecule has 2 aromatic heterocycles. The van der Waals surface area contributed by atoms with Crippen LogP contribution in [0.25, 0.3) is 21.9 Å². The van der Waals surface area contributed by atoms with Crippen molar-refractivity contribution in [1.82, 2.24) is 9.88 Å². The number of hydrogen-bond acceptors (Lipinski definition) is 5. The molecule has 5 aromatic rings. The molecule has 0 aliphatic heterocycles. The van der Waals surface area contributed by atoms with Crippen LogP contribution in [0.15, 0.2) is 94.3 Å². The van der Waals surface area contributed by atoms with Gasteiger partial charge in [0.05, 0.1) is 0 Å². The first-order valence-electron chi connectivity index (χ1n) is 11.8. The van der Waals surface area contributed by atoms with E-state index in [0.717, 1.165) is 16.5 Å². The summed E-state index contributed by atoms with van der Waals surface area (Å²) in [4.78, 5) is 43.4. The molecule has 1 atom stereocenters. The van der Waals surface area contributed by atoms with E-state index in [1.807, 2.05) is 30.5 Å². The van der Waals surface area contributed by atoms with E-state index in [4.69, 9.17) is 4.42 Å². The standard InChI is InChI=1S/C29H24N2O6/c32-21-11-9-18(10-12-21)15-25(28(34)35)31(14-13-20-17-30-24-7-3-2-6-22(20)24)27(33)23-16-19-5-1-4-8-26(19)37-29(23)36/h1-12,16-17,25,30,32H,13-15H2,(H,34,35)/t25-/m0/s1. The van der Waals surface area contributed by atoms with Crippen LogP contribution in [-0.2, 0) is 17.6 Å². The quantitative estimate of drug-likeness (QED) is 0.274. The molecule has 5 rings (SSSR count). The van der Waals surface area contributed by atoms with Crippen molar-refractivity contribution in [2.45, 2.75) is 18.9 Å². The number of phenols is 1. The van der Waals surface area contributed by atoms with E-state index in [1.165, 1.54) is 23.1 Å². The fourth-order valence-corrected chi connectivity index (χ4v) is 4.53.